The van der Waals surface area contributed by atoms with Crippen LogP contribution in [-0.2, 0) is 28.6 Å². The minimum absolute atomic E-state index is 0.0756. The molecule has 0 aliphatic heterocycles. The van der Waals surface area contributed by atoms with Crippen LogP contribution in [0.15, 0.2) is 97.2 Å². The number of esters is 3. The Hall–Kier alpha value is -3.67. The summed E-state index contributed by atoms with van der Waals surface area (Å²) in [5.41, 5.74) is 0. The maximum Gasteiger partial charge on any atom is 0.306 e. The predicted octanol–water partition coefficient (Wildman–Crippen LogP) is 21.7. The van der Waals surface area contributed by atoms with Crippen molar-refractivity contribution in [2.75, 3.05) is 13.2 Å². The third-order valence-corrected chi connectivity index (χ3v) is 13.6. The van der Waals surface area contributed by atoms with Crippen LogP contribution in [0, 0.1) is 0 Å². The molecule has 6 heteroatoms. The van der Waals surface area contributed by atoms with Crippen molar-refractivity contribution in [3.05, 3.63) is 97.2 Å². The SMILES string of the molecule is CC/C=C\C/C=C\C/C=C\C/C=C\C/C=C\C/C=C\C/C=C\C/C=C\CCCCCCCCCCC(=O)OCC(COC(=O)CCCCCCCCCC)OC(=O)CCCCCCCCCCCCCCCCCC. The summed E-state index contributed by atoms with van der Waals surface area (Å²) >= 11 is 0. The fourth-order valence-corrected chi connectivity index (χ4v) is 8.87. The topological polar surface area (TPSA) is 78.9 Å². The third kappa shape index (κ3) is 61.1. The van der Waals surface area contributed by atoms with E-state index in [0.29, 0.717) is 19.3 Å². The molecule has 0 aromatic heterocycles. The number of unbranched alkanes of at least 4 members (excludes halogenated alkanes) is 30. The number of hydrogen-bond donors (Lipinski definition) is 0. The predicted molar refractivity (Wildman–Crippen MR) is 325 cm³/mol. The smallest absolute Gasteiger partial charge is 0.306 e. The minimum atomic E-state index is -0.776. The summed E-state index contributed by atoms with van der Waals surface area (Å²) in [6.07, 6.45) is 84.3. The van der Waals surface area contributed by atoms with Gasteiger partial charge in [-0.2, -0.15) is 0 Å². The van der Waals surface area contributed by atoms with Gasteiger partial charge in [0.15, 0.2) is 6.10 Å². The second kappa shape index (κ2) is 62.9. The molecule has 0 saturated carbocycles. The number of hydrogen-bond acceptors (Lipinski definition) is 6. The van der Waals surface area contributed by atoms with Gasteiger partial charge in [-0.05, 0) is 83.5 Å². The van der Waals surface area contributed by atoms with Gasteiger partial charge in [-0.15, -0.1) is 0 Å². The van der Waals surface area contributed by atoms with E-state index in [1.165, 1.54) is 148 Å². The van der Waals surface area contributed by atoms with E-state index in [1.54, 1.807) is 0 Å². The van der Waals surface area contributed by atoms with Crippen molar-refractivity contribution in [1.82, 2.24) is 0 Å². The molecule has 1 atom stereocenters. The van der Waals surface area contributed by atoms with Gasteiger partial charge in [0.2, 0.25) is 0 Å². The summed E-state index contributed by atoms with van der Waals surface area (Å²) in [6.45, 7) is 6.51. The molecule has 430 valence electrons. The lowest BCUT2D eigenvalue weighted by atomic mass is 10.0. The quantitative estimate of drug-likeness (QED) is 0.0261. The summed E-state index contributed by atoms with van der Waals surface area (Å²) in [6, 6.07) is 0. The maximum absolute atomic E-state index is 12.8. The molecule has 0 aromatic rings. The first-order chi connectivity index (χ1) is 37.0. The average Bonchev–Trinajstić information content (AvgIpc) is 3.41. The zero-order valence-electron chi connectivity index (χ0n) is 49.3. The number of carbonyl (C=O) groups is 3. The largest absolute Gasteiger partial charge is 0.462 e. The second-order valence-electron chi connectivity index (χ2n) is 21.0. The molecule has 0 rings (SSSR count). The lowest BCUT2D eigenvalue weighted by Crippen LogP contribution is -2.30. The van der Waals surface area contributed by atoms with Gasteiger partial charge in [0.1, 0.15) is 13.2 Å². The molecule has 0 aromatic carbocycles. The molecular weight excluding hydrogens is 925 g/mol. The average molecular weight is 1040 g/mol. The molecule has 0 radical (unpaired) electrons. The highest BCUT2D eigenvalue weighted by atomic mass is 16.6. The van der Waals surface area contributed by atoms with E-state index in [4.69, 9.17) is 14.2 Å². The second-order valence-corrected chi connectivity index (χ2v) is 21.0. The Labute approximate surface area is 464 Å². The molecule has 0 aliphatic carbocycles. The molecule has 0 saturated heterocycles. The van der Waals surface area contributed by atoms with Gasteiger partial charge in [-0.1, -0.05) is 298 Å². The molecule has 0 heterocycles. The van der Waals surface area contributed by atoms with Crippen molar-refractivity contribution in [3.63, 3.8) is 0 Å². The Morgan fingerprint density at radius 2 is 0.520 bits per heavy atom. The molecule has 6 nitrogen and oxygen atoms in total. The molecule has 0 spiro atoms. The Kier molecular flexibility index (Phi) is 59.8. The van der Waals surface area contributed by atoms with Crippen molar-refractivity contribution in [2.24, 2.45) is 0 Å². The first-order valence-electron chi connectivity index (χ1n) is 31.7. The lowest BCUT2D eigenvalue weighted by Gasteiger charge is -2.18. The van der Waals surface area contributed by atoms with E-state index in [0.717, 1.165) is 116 Å². The summed E-state index contributed by atoms with van der Waals surface area (Å²) < 4.78 is 16.8. The molecular formula is C69H118O6. The lowest BCUT2D eigenvalue weighted by molar-refractivity contribution is -0.167. The van der Waals surface area contributed by atoms with Crippen LogP contribution in [0.25, 0.3) is 0 Å². The van der Waals surface area contributed by atoms with E-state index in [9.17, 15) is 14.4 Å². The molecule has 0 bridgehead atoms. The van der Waals surface area contributed by atoms with Gasteiger partial charge >= 0.3 is 17.9 Å². The molecule has 75 heavy (non-hydrogen) atoms. The number of carbonyl (C=O) groups excluding carboxylic acids is 3. The van der Waals surface area contributed by atoms with Gasteiger partial charge < -0.3 is 14.2 Å². The number of rotatable bonds is 57. The molecule has 1 unspecified atom stereocenters. The minimum Gasteiger partial charge on any atom is -0.462 e. The van der Waals surface area contributed by atoms with Crippen LogP contribution >= 0.6 is 0 Å². The summed E-state index contributed by atoms with van der Waals surface area (Å²) in [7, 11) is 0. The van der Waals surface area contributed by atoms with E-state index >= 15 is 0 Å². The number of allylic oxidation sites excluding steroid dienone is 16. The van der Waals surface area contributed by atoms with Gasteiger partial charge in [0.25, 0.3) is 0 Å². The third-order valence-electron chi connectivity index (χ3n) is 13.6. The first kappa shape index (κ1) is 71.3. The molecule has 0 N–H and O–H groups in total. The van der Waals surface area contributed by atoms with Crippen LogP contribution in [0.2, 0.25) is 0 Å². The van der Waals surface area contributed by atoms with Crippen LogP contribution in [-0.4, -0.2) is 37.2 Å². The van der Waals surface area contributed by atoms with Crippen LogP contribution < -0.4 is 0 Å². The maximum atomic E-state index is 12.8. The highest BCUT2D eigenvalue weighted by Crippen LogP contribution is 2.16. The Bertz CT molecular complexity index is 1480. The Morgan fingerprint density at radius 1 is 0.280 bits per heavy atom. The summed E-state index contributed by atoms with van der Waals surface area (Å²) in [4.78, 5) is 38.1. The van der Waals surface area contributed by atoms with E-state index in [1.807, 2.05) is 0 Å². The molecule has 0 fully saturated rings. The highest BCUT2D eigenvalue weighted by molar-refractivity contribution is 5.71. The first-order valence-corrected chi connectivity index (χ1v) is 31.7. The van der Waals surface area contributed by atoms with E-state index < -0.39 is 6.10 Å². The van der Waals surface area contributed by atoms with E-state index in [-0.39, 0.29) is 31.1 Å². The van der Waals surface area contributed by atoms with Gasteiger partial charge in [0.05, 0.1) is 0 Å². The van der Waals surface area contributed by atoms with Crippen molar-refractivity contribution in [2.45, 2.75) is 309 Å². The van der Waals surface area contributed by atoms with Gasteiger partial charge in [-0.3, -0.25) is 14.4 Å². The van der Waals surface area contributed by atoms with Gasteiger partial charge in [-0.25, -0.2) is 0 Å². The highest BCUT2D eigenvalue weighted by Gasteiger charge is 2.19. The fraction of sp³-hybridized carbons (Fsp3) is 0.725. The zero-order chi connectivity index (χ0) is 54.3. The van der Waals surface area contributed by atoms with Crippen LogP contribution in [0.5, 0.6) is 0 Å². The standard InChI is InChI=1S/C69H118O6/c1-4-7-10-13-16-19-21-23-25-27-28-29-30-31-32-33-34-35-36-37-38-39-40-41-42-43-45-46-48-50-53-56-59-62-68(71)74-65-66(64-73-67(70)61-58-55-52-18-15-12-9-6-3)75-69(72)63-60-57-54-51-49-47-44-26-24-22-20-17-14-11-8-5-2/h7,10,16,19,23,25,28-29,31-32,34-35,37-38,40-41,66H,4-6,8-9,11-15,17-18,20-22,24,26-27,30,33,36,39,42-65H2,1-3H3/b10-7-,19-16-,25-23-,29-28-,32-31-,35-34-,38-37-,41-40-. The Balaban J connectivity index is 4.15. The summed E-state index contributed by atoms with van der Waals surface area (Å²) in [5, 5.41) is 0. The normalized spacial score (nSPS) is 12.7. The number of ether oxygens (including phenoxy) is 3. The zero-order valence-corrected chi connectivity index (χ0v) is 49.3. The van der Waals surface area contributed by atoms with Crippen molar-refractivity contribution < 1.29 is 28.6 Å². The van der Waals surface area contributed by atoms with E-state index in [2.05, 4.69) is 118 Å². The van der Waals surface area contributed by atoms with Crippen LogP contribution in [0.4, 0.5) is 0 Å². The summed E-state index contributed by atoms with van der Waals surface area (Å²) in [5.74, 6) is -0.878. The Morgan fingerprint density at radius 3 is 0.813 bits per heavy atom. The van der Waals surface area contributed by atoms with Crippen LogP contribution in [0.3, 0.4) is 0 Å². The van der Waals surface area contributed by atoms with Crippen LogP contribution in [0.1, 0.15) is 303 Å². The van der Waals surface area contributed by atoms with Crippen molar-refractivity contribution >= 4 is 17.9 Å². The van der Waals surface area contributed by atoms with Crippen molar-refractivity contribution in [1.29, 1.82) is 0 Å². The monoisotopic (exact) mass is 1040 g/mol. The molecule has 0 aliphatic rings. The molecule has 0 amide bonds. The van der Waals surface area contributed by atoms with Gasteiger partial charge in [0, 0.05) is 19.3 Å². The fourth-order valence-electron chi connectivity index (χ4n) is 8.87. The van der Waals surface area contributed by atoms with Crippen molar-refractivity contribution in [3.8, 4) is 0 Å².